The molecular formula is C24H30N2OS. The van der Waals surface area contributed by atoms with Crippen LogP contribution in [0, 0.1) is 18.8 Å². The molecule has 2 unspecified atom stereocenters. The van der Waals surface area contributed by atoms with Crippen LogP contribution in [0.5, 0.6) is 0 Å². The van der Waals surface area contributed by atoms with Crippen LogP contribution in [0.4, 0.5) is 0 Å². The molecule has 4 heteroatoms. The molecule has 2 bridgehead atoms. The quantitative estimate of drug-likeness (QED) is 0.661. The second-order valence-electron chi connectivity index (χ2n) is 8.57. The molecule has 2 aromatic carbocycles. The summed E-state index contributed by atoms with van der Waals surface area (Å²) in [5.74, 6) is 0.966. The van der Waals surface area contributed by atoms with E-state index in [-0.39, 0.29) is 1.43 Å². The molecular weight excluding hydrogens is 364 g/mol. The van der Waals surface area contributed by atoms with Crippen molar-refractivity contribution >= 4 is 21.6 Å². The number of aliphatic hydroxyl groups is 1. The molecule has 3 aromatic rings. The Bertz CT molecular complexity index is 967. The Hall–Kier alpha value is -1.75. The summed E-state index contributed by atoms with van der Waals surface area (Å²) in [6.45, 7) is 5.50. The van der Waals surface area contributed by atoms with Gasteiger partial charge in [-0.15, -0.1) is 11.3 Å². The minimum absolute atomic E-state index is 0. The van der Waals surface area contributed by atoms with Gasteiger partial charge in [0.05, 0.1) is 20.8 Å². The second-order valence-corrected chi connectivity index (χ2v) is 9.80. The van der Waals surface area contributed by atoms with Crippen LogP contribution in [0.2, 0.25) is 0 Å². The number of aromatic nitrogens is 1. The monoisotopic (exact) mass is 394 g/mol. The molecule has 28 heavy (non-hydrogen) atoms. The first-order valence-electron chi connectivity index (χ1n) is 10.5. The summed E-state index contributed by atoms with van der Waals surface area (Å²) >= 11 is 1.75. The van der Waals surface area contributed by atoms with E-state index in [1.54, 1.807) is 11.3 Å². The van der Waals surface area contributed by atoms with Crippen LogP contribution >= 0.6 is 11.3 Å². The summed E-state index contributed by atoms with van der Waals surface area (Å²) in [5, 5.41) is 13.2. The van der Waals surface area contributed by atoms with Crippen LogP contribution in [0.15, 0.2) is 48.5 Å². The average Bonchev–Trinajstić information content (AvgIpc) is 3.12. The van der Waals surface area contributed by atoms with Crippen LogP contribution < -0.4 is 0 Å². The van der Waals surface area contributed by atoms with Gasteiger partial charge in [0.15, 0.2) is 0 Å². The molecule has 3 saturated heterocycles. The van der Waals surface area contributed by atoms with E-state index in [9.17, 15) is 5.11 Å². The van der Waals surface area contributed by atoms with E-state index < -0.39 is 5.60 Å². The topological polar surface area (TPSA) is 36.4 Å². The van der Waals surface area contributed by atoms with Crippen molar-refractivity contribution in [1.29, 1.82) is 0 Å². The minimum Gasteiger partial charge on any atom is -0.385 e. The van der Waals surface area contributed by atoms with Crippen molar-refractivity contribution < 1.29 is 6.53 Å². The molecule has 4 heterocycles. The fraction of sp³-hybridized carbons (Fsp3) is 0.458. The number of thiazole rings is 1. The number of aryl methyl sites for hydroxylation is 2. The second kappa shape index (κ2) is 7.25. The maximum atomic E-state index is 12.1. The highest BCUT2D eigenvalue weighted by atomic mass is 32.1. The first-order chi connectivity index (χ1) is 13.6. The molecule has 2 atom stereocenters. The van der Waals surface area contributed by atoms with Gasteiger partial charge in [-0.05, 0) is 74.9 Å². The molecule has 0 spiro atoms. The Morgan fingerprint density at radius 3 is 2.68 bits per heavy atom. The van der Waals surface area contributed by atoms with Crippen molar-refractivity contribution in [2.24, 2.45) is 11.8 Å². The number of hydrogen-bond donors (Lipinski definition) is 1. The number of benzene rings is 2. The lowest BCUT2D eigenvalue weighted by atomic mass is 9.66. The zero-order chi connectivity index (χ0) is 19.1. The third kappa shape index (κ3) is 3.28. The average molecular weight is 395 g/mol. The summed E-state index contributed by atoms with van der Waals surface area (Å²) in [7, 11) is 0. The highest BCUT2D eigenvalue weighted by Gasteiger charge is 2.47. The molecule has 3 aliphatic heterocycles. The van der Waals surface area contributed by atoms with Gasteiger partial charge < -0.3 is 10.0 Å². The van der Waals surface area contributed by atoms with E-state index in [0.29, 0.717) is 11.8 Å². The predicted octanol–water partition coefficient (Wildman–Crippen LogP) is 5.01. The van der Waals surface area contributed by atoms with Gasteiger partial charge in [0.25, 0.3) is 0 Å². The molecule has 3 nitrogen and oxygen atoms in total. The van der Waals surface area contributed by atoms with Gasteiger partial charge in [-0.25, -0.2) is 4.98 Å². The van der Waals surface area contributed by atoms with E-state index in [2.05, 4.69) is 59.3 Å². The fourth-order valence-corrected chi connectivity index (χ4v) is 6.24. The van der Waals surface area contributed by atoms with Gasteiger partial charge in [0.2, 0.25) is 0 Å². The van der Waals surface area contributed by atoms with E-state index in [1.165, 1.54) is 36.2 Å². The molecule has 148 valence electrons. The van der Waals surface area contributed by atoms with Crippen LogP contribution in [0.25, 0.3) is 10.2 Å². The maximum Gasteiger partial charge on any atom is 0.0942 e. The van der Waals surface area contributed by atoms with Gasteiger partial charge in [0, 0.05) is 13.9 Å². The normalized spacial score (nSPS) is 26.4. The molecule has 6 rings (SSSR count). The molecule has 3 aliphatic rings. The zero-order valence-corrected chi connectivity index (χ0v) is 17.3. The smallest absolute Gasteiger partial charge is 0.0942 e. The van der Waals surface area contributed by atoms with Crippen molar-refractivity contribution in [3.63, 3.8) is 0 Å². The van der Waals surface area contributed by atoms with Crippen molar-refractivity contribution in [2.45, 2.75) is 38.2 Å². The first-order valence-corrected chi connectivity index (χ1v) is 11.3. The lowest BCUT2D eigenvalue weighted by molar-refractivity contribution is -0.106. The van der Waals surface area contributed by atoms with Crippen LogP contribution in [-0.2, 0) is 12.0 Å². The maximum absolute atomic E-state index is 12.1. The largest absolute Gasteiger partial charge is 0.385 e. The van der Waals surface area contributed by atoms with Gasteiger partial charge in [-0.2, -0.15) is 0 Å². The number of hydrogen-bond acceptors (Lipinski definition) is 4. The number of piperidine rings is 3. The summed E-state index contributed by atoms with van der Waals surface area (Å²) in [6, 6.07) is 17.0. The standard InChI is InChI=1S/C24H28N2OS.H2/c1-17-25-22-8-7-18(15-23(22)28-17)9-12-24(27,20-5-3-2-4-6-20)21-16-26-13-10-19(21)11-14-26;/h2-8,15,19,21,27H,9-14,16H2,1H3;1H. The lowest BCUT2D eigenvalue weighted by Gasteiger charge is -2.51. The highest BCUT2D eigenvalue weighted by Crippen LogP contribution is 2.45. The molecule has 1 aromatic heterocycles. The van der Waals surface area contributed by atoms with E-state index >= 15 is 0 Å². The van der Waals surface area contributed by atoms with Gasteiger partial charge in [-0.1, -0.05) is 36.4 Å². The van der Waals surface area contributed by atoms with Crippen LogP contribution in [0.3, 0.4) is 0 Å². The lowest BCUT2D eigenvalue weighted by Crippen LogP contribution is -2.55. The van der Waals surface area contributed by atoms with Crippen molar-refractivity contribution in [3.05, 3.63) is 64.7 Å². The molecule has 0 aliphatic carbocycles. The highest BCUT2D eigenvalue weighted by molar-refractivity contribution is 7.18. The zero-order valence-electron chi connectivity index (χ0n) is 16.5. The Morgan fingerprint density at radius 1 is 1.18 bits per heavy atom. The van der Waals surface area contributed by atoms with Crippen LogP contribution in [0.1, 0.15) is 36.8 Å². The third-order valence-corrected chi connectivity index (χ3v) is 7.83. The van der Waals surface area contributed by atoms with E-state index in [0.717, 1.165) is 35.5 Å². The number of fused-ring (bicyclic) bond motifs is 4. The molecule has 1 N–H and O–H groups in total. The van der Waals surface area contributed by atoms with E-state index in [1.807, 2.05) is 6.07 Å². The Labute approximate surface area is 172 Å². The van der Waals surface area contributed by atoms with Crippen LogP contribution in [-0.4, -0.2) is 34.6 Å². The van der Waals surface area contributed by atoms with Gasteiger partial charge in [-0.3, -0.25) is 0 Å². The summed E-state index contributed by atoms with van der Waals surface area (Å²) in [5.41, 5.74) is 2.71. The van der Waals surface area contributed by atoms with E-state index in [4.69, 9.17) is 0 Å². The molecule has 3 fully saturated rings. The molecule has 0 saturated carbocycles. The number of nitrogens with zero attached hydrogens (tertiary/aromatic N) is 2. The SMILES string of the molecule is Cc1nc2ccc(CCC(O)(c3ccccc3)C3CN4CCC3CC4)cc2s1.[HH]. The Kier molecular flexibility index (Phi) is 4.74. The summed E-state index contributed by atoms with van der Waals surface area (Å²) in [6.07, 6.45) is 4.12. The van der Waals surface area contributed by atoms with Gasteiger partial charge in [0.1, 0.15) is 0 Å². The summed E-state index contributed by atoms with van der Waals surface area (Å²) in [4.78, 5) is 7.12. The van der Waals surface area contributed by atoms with Gasteiger partial charge >= 0.3 is 0 Å². The number of rotatable bonds is 5. The Morgan fingerprint density at radius 2 is 1.96 bits per heavy atom. The Balaban J connectivity index is 0.00000205. The van der Waals surface area contributed by atoms with Crippen molar-refractivity contribution in [3.8, 4) is 0 Å². The predicted molar refractivity (Wildman–Crippen MR) is 118 cm³/mol. The fourth-order valence-electron chi connectivity index (χ4n) is 5.35. The molecule has 0 radical (unpaired) electrons. The minimum atomic E-state index is -0.760. The third-order valence-electron chi connectivity index (χ3n) is 6.90. The van der Waals surface area contributed by atoms with Crippen molar-refractivity contribution in [1.82, 2.24) is 9.88 Å². The van der Waals surface area contributed by atoms with Crippen molar-refractivity contribution in [2.75, 3.05) is 19.6 Å². The molecule has 0 amide bonds. The summed E-state index contributed by atoms with van der Waals surface area (Å²) < 4.78 is 1.25. The first kappa shape index (κ1) is 18.3.